The van der Waals surface area contributed by atoms with E-state index < -0.39 is 10.0 Å². The van der Waals surface area contributed by atoms with E-state index in [0.29, 0.717) is 12.2 Å². The molecule has 1 N–H and O–H groups in total. The lowest BCUT2D eigenvalue weighted by molar-refractivity contribution is -0.119. The van der Waals surface area contributed by atoms with Crippen LogP contribution in [0.2, 0.25) is 0 Å². The summed E-state index contributed by atoms with van der Waals surface area (Å²) in [6.45, 7) is 1.92. The highest BCUT2D eigenvalue weighted by Crippen LogP contribution is 2.26. The molecule has 1 heterocycles. The molecule has 0 saturated heterocycles. The van der Waals surface area contributed by atoms with Gasteiger partial charge in [0.2, 0.25) is 5.91 Å². The molecule has 0 unspecified atom stereocenters. The van der Waals surface area contributed by atoms with Crippen molar-refractivity contribution >= 4 is 33.0 Å². The van der Waals surface area contributed by atoms with Gasteiger partial charge in [0.15, 0.2) is 0 Å². The molecule has 3 aromatic rings. The van der Waals surface area contributed by atoms with Crippen LogP contribution < -0.4 is 9.62 Å². The summed E-state index contributed by atoms with van der Waals surface area (Å²) in [6, 6.07) is 19.1. The van der Waals surface area contributed by atoms with E-state index in [1.807, 2.05) is 36.6 Å². The summed E-state index contributed by atoms with van der Waals surface area (Å²) in [5.41, 5.74) is 1.27. The number of hydrogen-bond acceptors (Lipinski definition) is 4. The summed E-state index contributed by atoms with van der Waals surface area (Å²) in [7, 11) is -3.87. The first kappa shape index (κ1) is 19.1. The molecule has 1 amide bonds. The summed E-state index contributed by atoms with van der Waals surface area (Å²) < 4.78 is 27.6. The van der Waals surface area contributed by atoms with Gasteiger partial charge >= 0.3 is 0 Å². The fraction of sp³-hybridized carbons (Fsp3) is 0.150. The fourth-order valence-corrected chi connectivity index (χ4v) is 4.80. The van der Waals surface area contributed by atoms with Crippen molar-refractivity contribution in [2.45, 2.75) is 18.4 Å². The lowest BCUT2D eigenvalue weighted by Crippen LogP contribution is -2.41. The number of anilines is 1. The first-order valence-electron chi connectivity index (χ1n) is 8.41. The Morgan fingerprint density at radius 2 is 1.70 bits per heavy atom. The molecule has 0 spiro atoms. The van der Waals surface area contributed by atoms with Crippen LogP contribution >= 0.6 is 11.3 Å². The van der Waals surface area contributed by atoms with Gasteiger partial charge in [-0.25, -0.2) is 8.42 Å². The molecular formula is C20H20N2O3S2. The van der Waals surface area contributed by atoms with E-state index in [1.165, 1.54) is 27.8 Å². The highest BCUT2D eigenvalue weighted by Gasteiger charge is 2.27. The minimum absolute atomic E-state index is 0.152. The molecule has 3 rings (SSSR count). The molecule has 1 aromatic heterocycles. The molecule has 7 heteroatoms. The molecule has 0 aliphatic heterocycles. The largest absolute Gasteiger partial charge is 0.350 e. The number of nitrogens with one attached hydrogen (secondary N) is 1. The van der Waals surface area contributed by atoms with Gasteiger partial charge in [0.05, 0.1) is 17.1 Å². The number of nitrogens with zero attached hydrogens (tertiary/aromatic N) is 1. The maximum absolute atomic E-state index is 13.2. The Hall–Kier alpha value is -2.64. The predicted molar refractivity (Wildman–Crippen MR) is 108 cm³/mol. The number of thiophene rings is 1. The van der Waals surface area contributed by atoms with E-state index in [2.05, 4.69) is 5.32 Å². The Kier molecular flexibility index (Phi) is 5.93. The van der Waals surface area contributed by atoms with Crippen LogP contribution in [0.1, 0.15) is 10.4 Å². The lowest BCUT2D eigenvalue weighted by atomic mass is 10.2. The standard InChI is InChI=1S/C20H20N2O3S2/c1-16-8-5-6-12-19(16)22(27(24,25)18-10-3-2-4-11-18)15-20(23)21-14-17-9-7-13-26-17/h2-13H,14-15H2,1H3,(H,21,23). The monoisotopic (exact) mass is 400 g/mol. The van der Waals surface area contributed by atoms with Gasteiger partial charge in [-0.3, -0.25) is 9.10 Å². The van der Waals surface area contributed by atoms with Crippen molar-refractivity contribution in [3.05, 3.63) is 82.6 Å². The average Bonchev–Trinajstić information content (AvgIpc) is 3.19. The van der Waals surface area contributed by atoms with Crippen molar-refractivity contribution in [1.82, 2.24) is 5.32 Å². The van der Waals surface area contributed by atoms with E-state index in [0.717, 1.165) is 10.4 Å². The normalized spacial score (nSPS) is 11.1. The highest BCUT2D eigenvalue weighted by atomic mass is 32.2. The van der Waals surface area contributed by atoms with Crippen LogP contribution in [0.15, 0.2) is 77.0 Å². The first-order valence-corrected chi connectivity index (χ1v) is 10.7. The van der Waals surface area contributed by atoms with Crippen LogP contribution in [-0.4, -0.2) is 20.9 Å². The Bertz CT molecular complexity index is 1000. The molecule has 0 fully saturated rings. The zero-order chi connectivity index (χ0) is 19.3. The molecule has 0 bridgehead atoms. The first-order chi connectivity index (χ1) is 13.0. The molecule has 0 aliphatic rings. The number of hydrogen-bond donors (Lipinski definition) is 1. The second-order valence-corrected chi connectivity index (χ2v) is 8.86. The van der Waals surface area contributed by atoms with E-state index in [4.69, 9.17) is 0 Å². The maximum atomic E-state index is 13.2. The Balaban J connectivity index is 1.89. The van der Waals surface area contributed by atoms with E-state index in [1.54, 1.807) is 30.3 Å². The van der Waals surface area contributed by atoms with Crippen molar-refractivity contribution < 1.29 is 13.2 Å². The third-order valence-corrected chi connectivity index (χ3v) is 6.69. The second-order valence-electron chi connectivity index (χ2n) is 5.97. The predicted octanol–water partition coefficient (Wildman–Crippen LogP) is 3.57. The summed E-state index contributed by atoms with van der Waals surface area (Å²) >= 11 is 1.54. The van der Waals surface area contributed by atoms with E-state index in [9.17, 15) is 13.2 Å². The molecule has 0 radical (unpaired) electrons. The second kappa shape index (κ2) is 8.37. The molecule has 0 saturated carbocycles. The molecule has 2 aromatic carbocycles. The third kappa shape index (κ3) is 4.56. The Morgan fingerprint density at radius 1 is 1.00 bits per heavy atom. The van der Waals surface area contributed by atoms with Crippen LogP contribution in [-0.2, 0) is 21.4 Å². The van der Waals surface area contributed by atoms with Crippen molar-refractivity contribution in [1.29, 1.82) is 0 Å². The number of carbonyl (C=O) groups excluding carboxylic acids is 1. The smallest absolute Gasteiger partial charge is 0.264 e. The Labute approximate surface area is 163 Å². The van der Waals surface area contributed by atoms with Crippen molar-refractivity contribution in [2.75, 3.05) is 10.8 Å². The number of benzene rings is 2. The van der Waals surface area contributed by atoms with Crippen molar-refractivity contribution in [2.24, 2.45) is 0 Å². The van der Waals surface area contributed by atoms with Crippen LogP contribution in [0, 0.1) is 6.92 Å². The topological polar surface area (TPSA) is 66.5 Å². The summed E-state index contributed by atoms with van der Waals surface area (Å²) in [6.07, 6.45) is 0. The molecule has 27 heavy (non-hydrogen) atoms. The van der Waals surface area contributed by atoms with Gasteiger partial charge in [-0.05, 0) is 42.1 Å². The van der Waals surface area contributed by atoms with E-state index >= 15 is 0 Å². The van der Waals surface area contributed by atoms with Crippen LogP contribution in [0.4, 0.5) is 5.69 Å². The van der Waals surface area contributed by atoms with Gasteiger partial charge in [-0.15, -0.1) is 11.3 Å². The summed E-state index contributed by atoms with van der Waals surface area (Å²) in [5, 5.41) is 4.73. The maximum Gasteiger partial charge on any atom is 0.264 e. The molecule has 140 valence electrons. The lowest BCUT2D eigenvalue weighted by Gasteiger charge is -2.25. The number of rotatable bonds is 7. The molecular weight excluding hydrogens is 380 g/mol. The van der Waals surface area contributed by atoms with Gasteiger partial charge in [-0.1, -0.05) is 42.5 Å². The zero-order valence-corrected chi connectivity index (χ0v) is 16.5. The van der Waals surface area contributed by atoms with Gasteiger partial charge in [0.1, 0.15) is 6.54 Å². The van der Waals surface area contributed by atoms with Gasteiger partial charge < -0.3 is 5.32 Å². The molecule has 5 nitrogen and oxygen atoms in total. The average molecular weight is 401 g/mol. The number of aryl methyl sites for hydroxylation is 1. The minimum Gasteiger partial charge on any atom is -0.350 e. The van der Waals surface area contributed by atoms with Gasteiger partial charge in [0.25, 0.3) is 10.0 Å². The van der Waals surface area contributed by atoms with Crippen LogP contribution in [0.5, 0.6) is 0 Å². The van der Waals surface area contributed by atoms with Crippen molar-refractivity contribution in [3.63, 3.8) is 0 Å². The summed E-state index contributed by atoms with van der Waals surface area (Å²) in [4.78, 5) is 13.7. The van der Waals surface area contributed by atoms with Gasteiger partial charge in [0, 0.05) is 4.88 Å². The molecule has 0 aliphatic carbocycles. The fourth-order valence-electron chi connectivity index (χ4n) is 2.65. The van der Waals surface area contributed by atoms with Crippen LogP contribution in [0.25, 0.3) is 0 Å². The SMILES string of the molecule is Cc1ccccc1N(CC(=O)NCc1cccs1)S(=O)(=O)c1ccccc1. The van der Waals surface area contributed by atoms with Crippen LogP contribution in [0.3, 0.4) is 0 Å². The zero-order valence-electron chi connectivity index (χ0n) is 14.8. The number of para-hydroxylation sites is 1. The Morgan fingerprint density at radius 3 is 2.37 bits per heavy atom. The molecule has 0 atom stereocenters. The third-order valence-electron chi connectivity index (χ3n) is 4.04. The number of carbonyl (C=O) groups is 1. The van der Waals surface area contributed by atoms with Crippen molar-refractivity contribution in [3.8, 4) is 0 Å². The van der Waals surface area contributed by atoms with E-state index in [-0.39, 0.29) is 17.3 Å². The minimum atomic E-state index is -3.87. The highest BCUT2D eigenvalue weighted by molar-refractivity contribution is 7.92. The number of amides is 1. The number of sulfonamides is 1. The van der Waals surface area contributed by atoms with Gasteiger partial charge in [-0.2, -0.15) is 0 Å². The quantitative estimate of drug-likeness (QED) is 0.659. The summed E-state index contributed by atoms with van der Waals surface area (Å²) in [5.74, 6) is -0.355.